The Morgan fingerprint density at radius 1 is 1.42 bits per heavy atom. The molecule has 0 fully saturated rings. The lowest BCUT2D eigenvalue weighted by Gasteiger charge is -2.20. The lowest BCUT2D eigenvalue weighted by Crippen LogP contribution is -2.27. The van der Waals surface area contributed by atoms with Crippen LogP contribution in [-0.2, 0) is 9.53 Å². The first kappa shape index (κ1) is 15.5. The molecule has 0 aromatic heterocycles. The summed E-state index contributed by atoms with van der Waals surface area (Å²) in [5, 5.41) is 10.1. The van der Waals surface area contributed by atoms with E-state index >= 15 is 0 Å². The Balaban J connectivity index is 2.48. The van der Waals surface area contributed by atoms with Crippen LogP contribution in [0.4, 0.5) is 0 Å². The summed E-state index contributed by atoms with van der Waals surface area (Å²) in [6, 6.07) is 7.32. The van der Waals surface area contributed by atoms with Gasteiger partial charge in [0.05, 0.1) is 26.7 Å². The number of aliphatic hydroxyl groups is 1. The highest BCUT2D eigenvalue weighted by Crippen LogP contribution is 2.19. The first-order valence-electron chi connectivity index (χ1n) is 6.14. The van der Waals surface area contributed by atoms with Crippen LogP contribution in [0.3, 0.4) is 0 Å². The Morgan fingerprint density at radius 3 is 2.79 bits per heavy atom. The van der Waals surface area contributed by atoms with E-state index in [1.807, 2.05) is 30.1 Å². The third-order valence-corrected chi connectivity index (χ3v) is 2.89. The maximum absolute atomic E-state index is 11.0. The summed E-state index contributed by atoms with van der Waals surface area (Å²) >= 11 is 0. The van der Waals surface area contributed by atoms with Crippen LogP contribution in [0.25, 0.3) is 0 Å². The Kier molecular flexibility index (Phi) is 6.32. The number of aliphatic hydroxyl groups excluding tert-OH is 1. The Morgan fingerprint density at radius 2 is 2.16 bits per heavy atom. The Labute approximate surface area is 113 Å². The molecule has 106 valence electrons. The first-order valence-corrected chi connectivity index (χ1v) is 6.14. The summed E-state index contributed by atoms with van der Waals surface area (Å²) in [4.78, 5) is 12.9. The number of hydrogen-bond donors (Lipinski definition) is 1. The number of hydrogen-bond acceptors (Lipinski definition) is 5. The molecule has 1 atom stereocenters. The molecular formula is C14H21NO4. The number of methoxy groups -OCH3 is 2. The SMILES string of the molecule is COC(=O)CCN(C)CC(O)c1cccc(OC)c1. The maximum atomic E-state index is 11.0. The van der Waals surface area contributed by atoms with Crippen LogP contribution in [0, 0.1) is 0 Å². The standard InChI is InChI=1S/C14H21NO4/c1-15(8-7-14(17)19-3)10-13(16)11-5-4-6-12(9-11)18-2/h4-6,9,13,16H,7-8,10H2,1-3H3. The molecule has 0 aliphatic carbocycles. The van der Waals surface area contributed by atoms with E-state index in [0.29, 0.717) is 25.3 Å². The molecule has 0 radical (unpaired) electrons. The number of benzene rings is 1. The molecule has 0 saturated heterocycles. The molecule has 0 bridgehead atoms. The van der Waals surface area contributed by atoms with Gasteiger partial charge in [0.15, 0.2) is 0 Å². The van der Waals surface area contributed by atoms with Crippen molar-refractivity contribution in [1.82, 2.24) is 4.90 Å². The van der Waals surface area contributed by atoms with E-state index in [1.54, 1.807) is 13.2 Å². The molecule has 0 aliphatic heterocycles. The van der Waals surface area contributed by atoms with Gasteiger partial charge in [-0.25, -0.2) is 0 Å². The number of rotatable bonds is 7. The van der Waals surface area contributed by atoms with Crippen molar-refractivity contribution in [1.29, 1.82) is 0 Å². The van der Waals surface area contributed by atoms with Crippen molar-refractivity contribution in [2.75, 3.05) is 34.4 Å². The normalized spacial score (nSPS) is 12.3. The van der Waals surface area contributed by atoms with Gasteiger partial charge in [0.25, 0.3) is 0 Å². The van der Waals surface area contributed by atoms with Gasteiger partial charge >= 0.3 is 5.97 Å². The molecule has 19 heavy (non-hydrogen) atoms. The zero-order chi connectivity index (χ0) is 14.3. The molecular weight excluding hydrogens is 246 g/mol. The molecule has 1 unspecified atom stereocenters. The summed E-state index contributed by atoms with van der Waals surface area (Å²) in [6.07, 6.45) is -0.296. The number of nitrogens with zero attached hydrogens (tertiary/aromatic N) is 1. The van der Waals surface area contributed by atoms with Crippen molar-refractivity contribution >= 4 is 5.97 Å². The number of carbonyl (C=O) groups excluding carboxylic acids is 1. The second-order valence-corrected chi connectivity index (χ2v) is 4.38. The largest absolute Gasteiger partial charge is 0.497 e. The maximum Gasteiger partial charge on any atom is 0.306 e. The van der Waals surface area contributed by atoms with Gasteiger partial charge in [-0.1, -0.05) is 12.1 Å². The van der Waals surface area contributed by atoms with Crippen LogP contribution >= 0.6 is 0 Å². The predicted molar refractivity (Wildman–Crippen MR) is 72.1 cm³/mol. The quantitative estimate of drug-likeness (QED) is 0.753. The Hall–Kier alpha value is -1.59. The fraction of sp³-hybridized carbons (Fsp3) is 0.500. The third kappa shape index (κ3) is 5.28. The number of likely N-dealkylation sites (N-methyl/N-ethyl adjacent to an activating group) is 1. The monoisotopic (exact) mass is 267 g/mol. The van der Waals surface area contributed by atoms with Crippen LogP contribution < -0.4 is 4.74 Å². The average molecular weight is 267 g/mol. The molecule has 0 aliphatic rings. The summed E-state index contributed by atoms with van der Waals surface area (Å²) in [5.41, 5.74) is 0.796. The summed E-state index contributed by atoms with van der Waals surface area (Å²) in [5.74, 6) is 0.469. The Bertz CT molecular complexity index is 408. The molecule has 1 N–H and O–H groups in total. The molecule has 0 amide bonds. The van der Waals surface area contributed by atoms with Gasteiger partial charge in [0.2, 0.25) is 0 Å². The van der Waals surface area contributed by atoms with Crippen molar-refractivity contribution in [2.45, 2.75) is 12.5 Å². The minimum Gasteiger partial charge on any atom is -0.497 e. The number of ether oxygens (including phenoxy) is 2. The van der Waals surface area contributed by atoms with E-state index in [1.165, 1.54) is 7.11 Å². The van der Waals surface area contributed by atoms with Crippen LogP contribution in [-0.4, -0.2) is 50.3 Å². The van der Waals surface area contributed by atoms with E-state index in [0.717, 1.165) is 5.56 Å². The lowest BCUT2D eigenvalue weighted by atomic mass is 10.1. The molecule has 1 aromatic carbocycles. The first-order chi connectivity index (χ1) is 9.06. The van der Waals surface area contributed by atoms with Gasteiger partial charge in [-0.2, -0.15) is 0 Å². The van der Waals surface area contributed by atoms with Crippen LogP contribution in [0.2, 0.25) is 0 Å². The van der Waals surface area contributed by atoms with E-state index in [-0.39, 0.29) is 5.97 Å². The van der Waals surface area contributed by atoms with Gasteiger partial charge in [-0.05, 0) is 24.7 Å². The summed E-state index contributed by atoms with van der Waals surface area (Å²) < 4.78 is 9.69. The number of esters is 1. The summed E-state index contributed by atoms with van der Waals surface area (Å²) in [7, 11) is 4.81. The summed E-state index contributed by atoms with van der Waals surface area (Å²) in [6.45, 7) is 0.998. The van der Waals surface area contributed by atoms with E-state index in [4.69, 9.17) is 4.74 Å². The van der Waals surface area contributed by atoms with E-state index in [9.17, 15) is 9.90 Å². The highest BCUT2D eigenvalue weighted by molar-refractivity contribution is 5.69. The average Bonchev–Trinajstić information content (AvgIpc) is 2.44. The van der Waals surface area contributed by atoms with Crippen molar-refractivity contribution in [3.05, 3.63) is 29.8 Å². The highest BCUT2D eigenvalue weighted by atomic mass is 16.5. The molecule has 0 spiro atoms. The molecule has 5 nitrogen and oxygen atoms in total. The van der Waals surface area contributed by atoms with Crippen molar-refractivity contribution in [3.8, 4) is 5.75 Å². The van der Waals surface area contributed by atoms with Crippen LogP contribution in [0.5, 0.6) is 5.75 Å². The lowest BCUT2D eigenvalue weighted by molar-refractivity contribution is -0.141. The second kappa shape index (κ2) is 7.76. The number of carbonyl (C=O) groups is 1. The van der Waals surface area contributed by atoms with Gasteiger partial charge in [0, 0.05) is 13.1 Å². The van der Waals surface area contributed by atoms with Gasteiger partial charge in [-0.15, -0.1) is 0 Å². The molecule has 5 heteroatoms. The zero-order valence-corrected chi connectivity index (χ0v) is 11.6. The molecule has 0 saturated carbocycles. The second-order valence-electron chi connectivity index (χ2n) is 4.38. The smallest absolute Gasteiger partial charge is 0.306 e. The predicted octanol–water partition coefficient (Wildman–Crippen LogP) is 1.22. The minimum atomic E-state index is -0.613. The molecule has 0 heterocycles. The van der Waals surface area contributed by atoms with Crippen molar-refractivity contribution < 1.29 is 19.4 Å². The topological polar surface area (TPSA) is 59.0 Å². The third-order valence-electron chi connectivity index (χ3n) is 2.89. The van der Waals surface area contributed by atoms with Gasteiger partial charge in [-0.3, -0.25) is 4.79 Å². The van der Waals surface area contributed by atoms with Gasteiger partial charge < -0.3 is 19.5 Å². The van der Waals surface area contributed by atoms with Crippen molar-refractivity contribution in [2.24, 2.45) is 0 Å². The molecule has 1 aromatic rings. The van der Waals surface area contributed by atoms with Crippen molar-refractivity contribution in [3.63, 3.8) is 0 Å². The zero-order valence-electron chi connectivity index (χ0n) is 11.6. The van der Waals surface area contributed by atoms with E-state index < -0.39 is 6.10 Å². The van der Waals surface area contributed by atoms with Crippen LogP contribution in [0.15, 0.2) is 24.3 Å². The molecule has 1 rings (SSSR count). The fourth-order valence-corrected chi connectivity index (χ4v) is 1.72. The van der Waals surface area contributed by atoms with Gasteiger partial charge in [0.1, 0.15) is 5.75 Å². The highest BCUT2D eigenvalue weighted by Gasteiger charge is 2.12. The minimum absolute atomic E-state index is 0.247. The van der Waals surface area contributed by atoms with E-state index in [2.05, 4.69) is 4.74 Å². The van der Waals surface area contributed by atoms with Crippen LogP contribution in [0.1, 0.15) is 18.1 Å². The fourth-order valence-electron chi connectivity index (χ4n) is 1.72.